The topological polar surface area (TPSA) is 71.5 Å². The summed E-state index contributed by atoms with van der Waals surface area (Å²) in [4.78, 5) is 20.4. The van der Waals surface area contributed by atoms with Crippen molar-refractivity contribution < 1.29 is 4.79 Å². The predicted molar refractivity (Wildman–Crippen MR) is 89.3 cm³/mol. The van der Waals surface area contributed by atoms with Crippen LogP contribution in [0.3, 0.4) is 0 Å². The monoisotopic (exact) mass is 306 g/mol. The third-order valence-corrected chi connectivity index (χ3v) is 3.67. The lowest BCUT2D eigenvalue weighted by atomic mass is 10.00. The van der Waals surface area contributed by atoms with Crippen molar-refractivity contribution in [3.63, 3.8) is 0 Å². The standard InChI is InChI=1S/C18H18N4O/c1-11(2)16-5-4-6-17(20-16)15-9-13(7-8-14(15)10-23)18-19-12(3)21-22-18/h4-11H,1-3H3,(H,19,21,22). The molecule has 1 aromatic carbocycles. The number of H-pyrrole nitrogens is 1. The predicted octanol–water partition coefficient (Wildman–Crippen LogP) is 3.78. The number of carbonyl (C=O) groups excluding carboxylic acids is 1. The van der Waals surface area contributed by atoms with Crippen LogP contribution < -0.4 is 0 Å². The first kappa shape index (κ1) is 15.1. The molecule has 0 radical (unpaired) electrons. The Hall–Kier alpha value is -2.82. The van der Waals surface area contributed by atoms with Gasteiger partial charge < -0.3 is 0 Å². The SMILES string of the molecule is Cc1nc(-c2ccc(C=O)c(-c3cccc(C(C)C)n3)c2)n[nH]1. The van der Waals surface area contributed by atoms with E-state index in [0.717, 1.165) is 34.6 Å². The third kappa shape index (κ3) is 3.04. The van der Waals surface area contributed by atoms with Gasteiger partial charge in [0.05, 0.1) is 5.69 Å². The summed E-state index contributed by atoms with van der Waals surface area (Å²) < 4.78 is 0. The Morgan fingerprint density at radius 3 is 2.61 bits per heavy atom. The van der Waals surface area contributed by atoms with Crippen LogP contribution in [0.25, 0.3) is 22.6 Å². The zero-order chi connectivity index (χ0) is 16.4. The lowest BCUT2D eigenvalue weighted by molar-refractivity contribution is 0.112. The van der Waals surface area contributed by atoms with Gasteiger partial charge in [-0.2, -0.15) is 5.10 Å². The van der Waals surface area contributed by atoms with Crippen LogP contribution >= 0.6 is 0 Å². The molecule has 0 unspecified atom stereocenters. The Bertz CT molecular complexity index is 852. The van der Waals surface area contributed by atoms with E-state index in [-0.39, 0.29) is 0 Å². The number of aromatic nitrogens is 4. The quantitative estimate of drug-likeness (QED) is 0.745. The molecule has 3 rings (SSSR count). The van der Waals surface area contributed by atoms with Gasteiger partial charge in [-0.05, 0) is 31.0 Å². The molecule has 0 aliphatic heterocycles. The highest BCUT2D eigenvalue weighted by molar-refractivity contribution is 5.88. The molecule has 5 nitrogen and oxygen atoms in total. The van der Waals surface area contributed by atoms with Crippen LogP contribution in [0.5, 0.6) is 0 Å². The minimum absolute atomic E-state index is 0.327. The van der Waals surface area contributed by atoms with Gasteiger partial charge in [0.2, 0.25) is 0 Å². The van der Waals surface area contributed by atoms with Gasteiger partial charge in [0.15, 0.2) is 12.1 Å². The highest BCUT2D eigenvalue weighted by atomic mass is 16.1. The number of pyridine rings is 1. The van der Waals surface area contributed by atoms with E-state index in [0.29, 0.717) is 17.3 Å². The molecular formula is C18H18N4O. The highest BCUT2D eigenvalue weighted by Crippen LogP contribution is 2.27. The molecule has 5 heteroatoms. The van der Waals surface area contributed by atoms with Crippen molar-refractivity contribution >= 4 is 6.29 Å². The fourth-order valence-corrected chi connectivity index (χ4v) is 2.41. The number of aromatic amines is 1. The van der Waals surface area contributed by atoms with Crippen molar-refractivity contribution in [1.82, 2.24) is 20.2 Å². The van der Waals surface area contributed by atoms with E-state index in [9.17, 15) is 4.79 Å². The maximum Gasteiger partial charge on any atom is 0.181 e. The Balaban J connectivity index is 2.13. The summed E-state index contributed by atoms with van der Waals surface area (Å²) in [6.45, 7) is 6.05. The summed E-state index contributed by atoms with van der Waals surface area (Å²) in [6.07, 6.45) is 0.853. The van der Waals surface area contributed by atoms with Gasteiger partial charge in [0.25, 0.3) is 0 Å². The zero-order valence-corrected chi connectivity index (χ0v) is 13.4. The number of hydrogen-bond acceptors (Lipinski definition) is 4. The van der Waals surface area contributed by atoms with E-state index in [1.807, 2.05) is 37.3 Å². The van der Waals surface area contributed by atoms with Crippen LogP contribution in [-0.2, 0) is 0 Å². The lowest BCUT2D eigenvalue weighted by Crippen LogP contribution is -1.97. The largest absolute Gasteiger partial charge is 0.298 e. The van der Waals surface area contributed by atoms with Gasteiger partial charge >= 0.3 is 0 Å². The van der Waals surface area contributed by atoms with Crippen molar-refractivity contribution in [3.8, 4) is 22.6 Å². The van der Waals surface area contributed by atoms with Gasteiger partial charge in [-0.3, -0.25) is 14.9 Å². The van der Waals surface area contributed by atoms with Gasteiger partial charge in [-0.25, -0.2) is 4.98 Å². The van der Waals surface area contributed by atoms with Gasteiger partial charge in [0, 0.05) is 22.4 Å². The summed E-state index contributed by atoms with van der Waals surface area (Å²) in [5.41, 5.74) is 4.04. The Labute approximate surface area is 134 Å². The van der Waals surface area contributed by atoms with E-state index in [1.165, 1.54) is 0 Å². The first-order chi connectivity index (χ1) is 11.1. The van der Waals surface area contributed by atoms with Gasteiger partial charge in [-0.1, -0.05) is 32.0 Å². The molecule has 0 bridgehead atoms. The van der Waals surface area contributed by atoms with E-state index >= 15 is 0 Å². The lowest BCUT2D eigenvalue weighted by Gasteiger charge is -2.10. The molecule has 0 fully saturated rings. The van der Waals surface area contributed by atoms with Crippen LogP contribution in [0.2, 0.25) is 0 Å². The molecule has 0 aliphatic carbocycles. The molecule has 0 saturated heterocycles. The van der Waals surface area contributed by atoms with E-state index < -0.39 is 0 Å². The Morgan fingerprint density at radius 2 is 1.96 bits per heavy atom. The molecule has 2 heterocycles. The molecule has 23 heavy (non-hydrogen) atoms. The molecular weight excluding hydrogens is 288 g/mol. The number of aldehydes is 1. The first-order valence-electron chi connectivity index (χ1n) is 7.54. The smallest absolute Gasteiger partial charge is 0.181 e. The molecule has 1 N–H and O–H groups in total. The normalized spacial score (nSPS) is 11.0. The maximum absolute atomic E-state index is 11.4. The first-order valence-corrected chi connectivity index (χ1v) is 7.54. The number of nitrogens with one attached hydrogen (secondary N) is 1. The average Bonchev–Trinajstić information content (AvgIpc) is 3.01. The molecule has 2 aromatic heterocycles. The van der Waals surface area contributed by atoms with Gasteiger partial charge in [-0.15, -0.1) is 0 Å². The maximum atomic E-state index is 11.4. The van der Waals surface area contributed by atoms with Crippen LogP contribution in [0.4, 0.5) is 0 Å². The molecule has 0 saturated carbocycles. The summed E-state index contributed by atoms with van der Waals surface area (Å²) in [7, 11) is 0. The average molecular weight is 306 g/mol. The zero-order valence-electron chi connectivity index (χ0n) is 13.4. The fraction of sp³-hybridized carbons (Fsp3) is 0.222. The van der Waals surface area contributed by atoms with Crippen molar-refractivity contribution in [1.29, 1.82) is 0 Å². The highest BCUT2D eigenvalue weighted by Gasteiger charge is 2.12. The van der Waals surface area contributed by atoms with Crippen LogP contribution in [0, 0.1) is 6.92 Å². The van der Waals surface area contributed by atoms with E-state index in [1.54, 1.807) is 6.07 Å². The minimum atomic E-state index is 0.327. The van der Waals surface area contributed by atoms with Crippen molar-refractivity contribution in [2.75, 3.05) is 0 Å². The van der Waals surface area contributed by atoms with E-state index in [4.69, 9.17) is 0 Å². The molecule has 0 spiro atoms. The number of aryl methyl sites for hydroxylation is 1. The van der Waals surface area contributed by atoms with Crippen molar-refractivity contribution in [3.05, 3.63) is 53.5 Å². The fourth-order valence-electron chi connectivity index (χ4n) is 2.41. The second-order valence-corrected chi connectivity index (χ2v) is 5.77. The van der Waals surface area contributed by atoms with Crippen LogP contribution in [-0.4, -0.2) is 26.5 Å². The number of rotatable bonds is 4. The van der Waals surface area contributed by atoms with E-state index in [2.05, 4.69) is 34.0 Å². The third-order valence-electron chi connectivity index (χ3n) is 3.67. The molecule has 0 aliphatic rings. The number of carbonyl (C=O) groups is 1. The van der Waals surface area contributed by atoms with Crippen LogP contribution in [0.1, 0.15) is 41.6 Å². The molecule has 0 amide bonds. The molecule has 116 valence electrons. The number of hydrogen-bond donors (Lipinski definition) is 1. The Morgan fingerprint density at radius 1 is 1.13 bits per heavy atom. The summed E-state index contributed by atoms with van der Waals surface area (Å²) in [6, 6.07) is 11.4. The van der Waals surface area contributed by atoms with Crippen molar-refractivity contribution in [2.24, 2.45) is 0 Å². The minimum Gasteiger partial charge on any atom is -0.298 e. The van der Waals surface area contributed by atoms with Gasteiger partial charge in [0.1, 0.15) is 5.82 Å². The molecule has 3 aromatic rings. The Kier molecular flexibility index (Phi) is 4.02. The number of benzene rings is 1. The second-order valence-electron chi connectivity index (χ2n) is 5.77. The van der Waals surface area contributed by atoms with Crippen molar-refractivity contribution in [2.45, 2.75) is 26.7 Å². The molecule has 0 atom stereocenters. The summed E-state index contributed by atoms with van der Waals surface area (Å²) in [5.74, 6) is 1.69. The number of nitrogens with zero attached hydrogens (tertiary/aromatic N) is 3. The second kappa shape index (κ2) is 6.12. The summed E-state index contributed by atoms with van der Waals surface area (Å²) in [5, 5.41) is 7.01. The van der Waals surface area contributed by atoms with Crippen LogP contribution in [0.15, 0.2) is 36.4 Å². The summed E-state index contributed by atoms with van der Waals surface area (Å²) >= 11 is 0.